The van der Waals surface area contributed by atoms with Crippen LogP contribution < -0.4 is 5.32 Å². The molecule has 2 N–H and O–H groups in total. The molecule has 0 radical (unpaired) electrons. The van der Waals surface area contributed by atoms with E-state index in [-0.39, 0.29) is 35.3 Å². The van der Waals surface area contributed by atoms with Gasteiger partial charge in [0.25, 0.3) is 0 Å². The maximum atomic E-state index is 13.7. The van der Waals surface area contributed by atoms with Crippen molar-refractivity contribution in [2.75, 3.05) is 19.7 Å². The van der Waals surface area contributed by atoms with Crippen molar-refractivity contribution in [2.45, 2.75) is 18.4 Å². The molecule has 2 aromatic carbocycles. The molecule has 5 nitrogen and oxygen atoms in total. The van der Waals surface area contributed by atoms with Crippen LogP contribution in [0.1, 0.15) is 17.2 Å². The van der Waals surface area contributed by atoms with Gasteiger partial charge in [-0.05, 0) is 42.5 Å². The molecule has 2 unspecified atom stereocenters. The summed E-state index contributed by atoms with van der Waals surface area (Å²) >= 11 is 0. The largest absolute Gasteiger partial charge is 0.417 e. The number of halogens is 4. The van der Waals surface area contributed by atoms with Crippen LogP contribution in [0.15, 0.2) is 48.5 Å². The van der Waals surface area contributed by atoms with Crippen molar-refractivity contribution in [3.8, 4) is 11.3 Å². The molecule has 2 heterocycles. The minimum absolute atomic E-state index is 0.0406. The number of ether oxygens (including phenoxy) is 1. The van der Waals surface area contributed by atoms with Gasteiger partial charge in [0.05, 0.1) is 23.4 Å². The zero-order valence-corrected chi connectivity index (χ0v) is 16.1. The number of fused-ring (bicyclic) bond motifs is 1. The van der Waals surface area contributed by atoms with Crippen LogP contribution in [0.25, 0.3) is 22.2 Å². The van der Waals surface area contributed by atoms with Crippen LogP contribution in [-0.2, 0) is 15.7 Å². The van der Waals surface area contributed by atoms with Gasteiger partial charge in [-0.25, -0.2) is 9.37 Å². The first-order valence-corrected chi connectivity index (χ1v) is 9.56. The highest BCUT2D eigenvalue weighted by Gasteiger charge is 2.36. The molecule has 31 heavy (non-hydrogen) atoms. The Bertz CT molecular complexity index is 1110. The van der Waals surface area contributed by atoms with Crippen molar-refractivity contribution in [1.29, 1.82) is 0 Å². The predicted octanol–water partition coefficient (Wildman–Crippen LogP) is 3.65. The van der Waals surface area contributed by atoms with E-state index in [1.807, 2.05) is 0 Å². The van der Waals surface area contributed by atoms with Gasteiger partial charge in [-0.2, -0.15) is 13.2 Å². The number of ketones is 1. The first kappa shape index (κ1) is 21.4. The van der Waals surface area contributed by atoms with Crippen molar-refractivity contribution in [1.82, 2.24) is 10.3 Å². The second-order valence-corrected chi connectivity index (χ2v) is 7.17. The summed E-state index contributed by atoms with van der Waals surface area (Å²) in [7, 11) is 0. The van der Waals surface area contributed by atoms with Crippen LogP contribution in [0, 0.1) is 5.82 Å². The van der Waals surface area contributed by atoms with Gasteiger partial charge >= 0.3 is 6.18 Å². The van der Waals surface area contributed by atoms with Gasteiger partial charge in [-0.15, -0.1) is 0 Å². The highest BCUT2D eigenvalue weighted by Crippen LogP contribution is 2.39. The molecule has 162 valence electrons. The monoisotopic (exact) mass is 434 g/mol. The van der Waals surface area contributed by atoms with Gasteiger partial charge in [0.15, 0.2) is 5.78 Å². The summed E-state index contributed by atoms with van der Waals surface area (Å²) < 4.78 is 59.8. The second-order valence-electron chi connectivity index (χ2n) is 7.17. The second kappa shape index (κ2) is 8.33. The van der Waals surface area contributed by atoms with Crippen LogP contribution in [0.4, 0.5) is 17.6 Å². The van der Waals surface area contributed by atoms with E-state index in [0.29, 0.717) is 12.1 Å². The Balaban J connectivity index is 1.90. The Labute approximate surface area is 174 Å². The van der Waals surface area contributed by atoms with Crippen molar-refractivity contribution in [3.63, 3.8) is 0 Å². The Morgan fingerprint density at radius 1 is 1.19 bits per heavy atom. The number of aromatic nitrogens is 1. The van der Waals surface area contributed by atoms with Crippen LogP contribution in [0.2, 0.25) is 0 Å². The highest BCUT2D eigenvalue weighted by atomic mass is 19.4. The molecule has 2 atom stereocenters. The molecule has 1 saturated heterocycles. The molecule has 3 aromatic rings. The number of alkyl halides is 3. The molecule has 1 aromatic heterocycles. The number of morpholine rings is 1. The molecule has 1 fully saturated rings. The molecule has 0 spiro atoms. The number of aliphatic hydroxyl groups excluding tert-OH is 1. The Morgan fingerprint density at radius 2 is 1.94 bits per heavy atom. The van der Waals surface area contributed by atoms with Crippen molar-refractivity contribution in [3.05, 3.63) is 65.5 Å². The Kier molecular flexibility index (Phi) is 5.74. The molecule has 1 aliphatic rings. The van der Waals surface area contributed by atoms with Crippen molar-refractivity contribution < 1.29 is 32.2 Å². The van der Waals surface area contributed by atoms with Crippen LogP contribution in [-0.4, -0.2) is 41.7 Å². The maximum Gasteiger partial charge on any atom is 0.417 e. The summed E-state index contributed by atoms with van der Waals surface area (Å²) in [5.41, 5.74) is -0.640. The zero-order chi connectivity index (χ0) is 22.2. The summed E-state index contributed by atoms with van der Waals surface area (Å²) in [6, 6.07) is 9.92. The summed E-state index contributed by atoms with van der Waals surface area (Å²) in [6.07, 6.45) is -7.57. The number of nitrogens with one attached hydrogen (secondary N) is 1. The fourth-order valence-corrected chi connectivity index (χ4v) is 3.62. The average molecular weight is 434 g/mol. The fraction of sp³-hybridized carbons (Fsp3) is 0.273. The summed E-state index contributed by atoms with van der Waals surface area (Å²) in [4.78, 5) is 17.1. The van der Waals surface area contributed by atoms with Gasteiger partial charge in [-0.3, -0.25) is 4.79 Å². The minimum Gasteiger partial charge on any atom is -0.380 e. The van der Waals surface area contributed by atoms with E-state index >= 15 is 0 Å². The number of hydrogen-bond acceptors (Lipinski definition) is 5. The standard InChI is InChI=1S/C22H18F4N2O3/c23-13-6-4-12(5-7-13)17-10-14(20(29)21(30)18-11-27-8-9-31-18)19-15(22(24,25)26)2-1-3-16(19)28-17/h1-7,10,18,20,27,29H,8-9,11H2. The number of carbonyl (C=O) groups excluding carboxylic acids is 1. The number of pyridine rings is 1. The van der Waals surface area contributed by atoms with E-state index in [1.165, 1.54) is 42.5 Å². The van der Waals surface area contributed by atoms with Gasteiger partial charge in [0.1, 0.15) is 18.0 Å². The van der Waals surface area contributed by atoms with Gasteiger partial charge < -0.3 is 15.2 Å². The number of hydrogen-bond donors (Lipinski definition) is 2. The number of benzene rings is 2. The molecule has 4 rings (SSSR count). The van der Waals surface area contributed by atoms with Crippen molar-refractivity contribution >= 4 is 16.7 Å². The third-order valence-corrected chi connectivity index (χ3v) is 5.12. The average Bonchev–Trinajstić information content (AvgIpc) is 2.77. The summed E-state index contributed by atoms with van der Waals surface area (Å²) in [5.74, 6) is -1.23. The third kappa shape index (κ3) is 4.30. The zero-order valence-electron chi connectivity index (χ0n) is 16.1. The number of rotatable bonds is 4. The van der Waals surface area contributed by atoms with E-state index in [0.717, 1.165) is 6.07 Å². The van der Waals surface area contributed by atoms with Gasteiger partial charge in [-0.1, -0.05) is 6.07 Å². The smallest absolute Gasteiger partial charge is 0.380 e. The first-order valence-electron chi connectivity index (χ1n) is 9.56. The number of aliphatic hydroxyl groups is 1. The van der Waals surface area contributed by atoms with E-state index in [9.17, 15) is 27.5 Å². The quantitative estimate of drug-likeness (QED) is 0.614. The third-order valence-electron chi connectivity index (χ3n) is 5.12. The van der Waals surface area contributed by atoms with E-state index < -0.39 is 35.5 Å². The molecule has 9 heteroatoms. The lowest BCUT2D eigenvalue weighted by molar-refractivity contribution is -0.141. The number of nitrogens with zero attached hydrogens (tertiary/aromatic N) is 1. The molecule has 0 bridgehead atoms. The molecular weight excluding hydrogens is 416 g/mol. The molecule has 0 saturated carbocycles. The highest BCUT2D eigenvalue weighted by molar-refractivity contribution is 5.96. The van der Waals surface area contributed by atoms with Gasteiger partial charge in [0, 0.05) is 29.6 Å². The van der Waals surface area contributed by atoms with Crippen LogP contribution in [0.5, 0.6) is 0 Å². The molecule has 0 aliphatic carbocycles. The lowest BCUT2D eigenvalue weighted by Crippen LogP contribution is -2.44. The summed E-state index contributed by atoms with van der Waals surface area (Å²) in [6.45, 7) is 0.926. The molecular formula is C22H18F4N2O3. The normalized spacial score (nSPS) is 18.2. The maximum absolute atomic E-state index is 13.7. The van der Waals surface area contributed by atoms with Crippen LogP contribution >= 0.6 is 0 Å². The van der Waals surface area contributed by atoms with Crippen LogP contribution in [0.3, 0.4) is 0 Å². The molecule has 0 amide bonds. The SMILES string of the molecule is O=C(C1CNCCO1)C(O)c1cc(-c2ccc(F)cc2)nc2cccc(C(F)(F)F)c12. The first-order chi connectivity index (χ1) is 14.8. The van der Waals surface area contributed by atoms with E-state index in [2.05, 4.69) is 10.3 Å². The number of carbonyl (C=O) groups is 1. The van der Waals surface area contributed by atoms with E-state index in [4.69, 9.17) is 4.74 Å². The minimum atomic E-state index is -4.72. The molecule has 1 aliphatic heterocycles. The lowest BCUT2D eigenvalue weighted by atomic mass is 9.93. The lowest BCUT2D eigenvalue weighted by Gasteiger charge is -2.25. The Morgan fingerprint density at radius 3 is 2.58 bits per heavy atom. The fourth-order valence-electron chi connectivity index (χ4n) is 3.62. The van der Waals surface area contributed by atoms with E-state index in [1.54, 1.807) is 0 Å². The van der Waals surface area contributed by atoms with Crippen molar-refractivity contribution in [2.24, 2.45) is 0 Å². The topological polar surface area (TPSA) is 71.5 Å². The Hall–Kier alpha value is -2.88. The number of Topliss-reactive ketones (excluding diaryl/α,β-unsaturated/α-hetero) is 1. The predicted molar refractivity (Wildman–Crippen MR) is 105 cm³/mol. The summed E-state index contributed by atoms with van der Waals surface area (Å²) in [5, 5.41) is 13.4. The van der Waals surface area contributed by atoms with Gasteiger partial charge in [0.2, 0.25) is 0 Å².